The van der Waals surface area contributed by atoms with Crippen molar-refractivity contribution in [1.82, 2.24) is 14.9 Å². The molecule has 186 valence electrons. The van der Waals surface area contributed by atoms with Gasteiger partial charge in [0, 0.05) is 57.1 Å². The molecule has 9 nitrogen and oxygen atoms in total. The number of hydrogen-bond acceptors (Lipinski definition) is 7. The predicted molar refractivity (Wildman–Crippen MR) is 138 cm³/mol. The van der Waals surface area contributed by atoms with Crippen LogP contribution < -0.4 is 10.6 Å². The highest BCUT2D eigenvalue weighted by atomic mass is 16.4. The lowest BCUT2D eigenvalue weighted by Crippen LogP contribution is -2.46. The number of carboxylic acids is 1. The summed E-state index contributed by atoms with van der Waals surface area (Å²) in [5, 5.41) is 16.3. The van der Waals surface area contributed by atoms with E-state index in [-0.39, 0.29) is 18.0 Å². The Morgan fingerprint density at radius 3 is 2.28 bits per heavy atom. The molecule has 4 N–H and O–H groups in total. The number of aryl methyl sites for hydroxylation is 1. The van der Waals surface area contributed by atoms with E-state index in [9.17, 15) is 9.59 Å². The predicted octanol–water partition coefficient (Wildman–Crippen LogP) is 2.99. The number of ketones is 1. The molecular weight excluding hydrogens is 456 g/mol. The number of anilines is 1. The lowest BCUT2D eigenvalue weighted by molar-refractivity contribution is -0.117. The molecule has 0 spiro atoms. The largest absolute Gasteiger partial charge is 0.478 e. The SMILES string of the molecule is N=C(N)CC(=O)CCc1cccc(-c2cnc(N3CCN(Cc4ccc(C(=O)O)cc4)CC3)nc2)c1. The van der Waals surface area contributed by atoms with E-state index in [4.69, 9.17) is 16.2 Å². The number of hydrogen-bond donors (Lipinski definition) is 3. The number of nitrogens with two attached hydrogens (primary N) is 1. The van der Waals surface area contributed by atoms with Gasteiger partial charge in [-0.2, -0.15) is 0 Å². The number of aromatic nitrogens is 2. The van der Waals surface area contributed by atoms with E-state index in [1.807, 2.05) is 48.8 Å². The van der Waals surface area contributed by atoms with Gasteiger partial charge in [-0.25, -0.2) is 14.8 Å². The van der Waals surface area contributed by atoms with Crippen LogP contribution in [0.15, 0.2) is 60.9 Å². The molecule has 2 aromatic carbocycles. The van der Waals surface area contributed by atoms with Crippen LogP contribution in [0.4, 0.5) is 5.95 Å². The maximum Gasteiger partial charge on any atom is 0.335 e. The molecule has 2 heterocycles. The maximum absolute atomic E-state index is 11.8. The van der Waals surface area contributed by atoms with Gasteiger partial charge in [-0.1, -0.05) is 36.4 Å². The minimum absolute atomic E-state index is 0.00312. The highest BCUT2D eigenvalue weighted by Crippen LogP contribution is 2.22. The first kappa shape index (κ1) is 25.0. The number of carbonyl (C=O) groups is 2. The molecule has 9 heteroatoms. The van der Waals surface area contributed by atoms with Crippen LogP contribution in [0.3, 0.4) is 0 Å². The van der Waals surface area contributed by atoms with E-state index in [1.54, 1.807) is 12.1 Å². The smallest absolute Gasteiger partial charge is 0.335 e. The number of carbonyl (C=O) groups excluding carboxylic acids is 1. The van der Waals surface area contributed by atoms with Crippen molar-refractivity contribution >= 4 is 23.5 Å². The second-order valence-electron chi connectivity index (χ2n) is 8.98. The Morgan fingerprint density at radius 2 is 1.64 bits per heavy atom. The average Bonchev–Trinajstić information content (AvgIpc) is 2.88. The molecule has 1 fully saturated rings. The molecular formula is C27H30N6O3. The van der Waals surface area contributed by atoms with Crippen molar-refractivity contribution in [2.75, 3.05) is 31.1 Å². The van der Waals surface area contributed by atoms with Crippen LogP contribution in [0.1, 0.15) is 34.3 Å². The highest BCUT2D eigenvalue weighted by Gasteiger charge is 2.19. The molecule has 1 aromatic heterocycles. The number of benzene rings is 2. The van der Waals surface area contributed by atoms with Gasteiger partial charge in [-0.05, 0) is 35.2 Å². The van der Waals surface area contributed by atoms with Crippen LogP contribution in [0, 0.1) is 5.41 Å². The first-order chi connectivity index (χ1) is 17.4. The molecule has 4 rings (SSSR count). The standard InChI is InChI=1S/C27H30N6O3/c28-25(29)15-24(34)9-6-19-2-1-3-22(14-19)23-16-30-27(31-17-23)33-12-10-32(11-13-33)18-20-4-7-21(8-5-20)26(35)36/h1-5,7-8,14,16-17H,6,9-13,15,18H2,(H3,28,29)(H,35,36). The molecule has 0 radical (unpaired) electrons. The number of aromatic carboxylic acids is 1. The fourth-order valence-corrected chi connectivity index (χ4v) is 4.24. The third-order valence-corrected chi connectivity index (χ3v) is 6.24. The molecule has 1 aliphatic heterocycles. The van der Waals surface area contributed by atoms with Crippen molar-refractivity contribution in [1.29, 1.82) is 5.41 Å². The van der Waals surface area contributed by atoms with Gasteiger partial charge in [0.1, 0.15) is 5.78 Å². The van der Waals surface area contributed by atoms with Crippen LogP contribution in [0.25, 0.3) is 11.1 Å². The lowest BCUT2D eigenvalue weighted by Gasteiger charge is -2.34. The Labute approximate surface area is 210 Å². The van der Waals surface area contributed by atoms with Crippen LogP contribution in [-0.2, 0) is 17.8 Å². The van der Waals surface area contributed by atoms with E-state index in [0.29, 0.717) is 24.4 Å². The van der Waals surface area contributed by atoms with E-state index in [0.717, 1.165) is 55.0 Å². The van der Waals surface area contributed by atoms with E-state index >= 15 is 0 Å². The third kappa shape index (κ3) is 6.73. The lowest BCUT2D eigenvalue weighted by atomic mass is 10.0. The van der Waals surface area contributed by atoms with Gasteiger partial charge < -0.3 is 15.7 Å². The molecule has 0 aliphatic carbocycles. The summed E-state index contributed by atoms with van der Waals surface area (Å²) >= 11 is 0. The van der Waals surface area contributed by atoms with Gasteiger partial charge in [0.2, 0.25) is 5.95 Å². The first-order valence-electron chi connectivity index (χ1n) is 11.9. The third-order valence-electron chi connectivity index (χ3n) is 6.24. The maximum atomic E-state index is 11.8. The van der Waals surface area contributed by atoms with Crippen molar-refractivity contribution in [3.63, 3.8) is 0 Å². The second-order valence-corrected chi connectivity index (χ2v) is 8.98. The Morgan fingerprint density at radius 1 is 0.944 bits per heavy atom. The van der Waals surface area contributed by atoms with Crippen molar-refractivity contribution in [3.05, 3.63) is 77.6 Å². The molecule has 3 aromatic rings. The Hall–Kier alpha value is -4.11. The number of piperazine rings is 1. The number of Topliss-reactive ketones (excluding diaryl/α,β-unsaturated/α-hetero) is 1. The van der Waals surface area contributed by atoms with Crippen LogP contribution in [0.5, 0.6) is 0 Å². The number of nitrogens with zero attached hydrogens (tertiary/aromatic N) is 4. The number of nitrogens with one attached hydrogen (secondary N) is 1. The topological polar surface area (TPSA) is 136 Å². The summed E-state index contributed by atoms with van der Waals surface area (Å²) in [6.07, 6.45) is 4.63. The normalized spacial score (nSPS) is 13.9. The molecule has 0 amide bonds. The summed E-state index contributed by atoms with van der Waals surface area (Å²) in [4.78, 5) is 36.6. The van der Waals surface area contributed by atoms with Crippen LogP contribution in [-0.4, -0.2) is 63.7 Å². The Bertz CT molecular complexity index is 1220. The van der Waals surface area contributed by atoms with Crippen molar-refractivity contribution in [3.8, 4) is 11.1 Å². The van der Waals surface area contributed by atoms with Crippen LogP contribution >= 0.6 is 0 Å². The molecule has 0 bridgehead atoms. The second kappa shape index (κ2) is 11.5. The summed E-state index contributed by atoms with van der Waals surface area (Å²) in [5.74, 6) is -0.335. The molecule has 0 unspecified atom stereocenters. The summed E-state index contributed by atoms with van der Waals surface area (Å²) in [7, 11) is 0. The van der Waals surface area contributed by atoms with Crippen molar-refractivity contribution in [2.24, 2.45) is 5.73 Å². The summed E-state index contributed by atoms with van der Waals surface area (Å²) in [6.45, 7) is 4.16. The summed E-state index contributed by atoms with van der Waals surface area (Å²) < 4.78 is 0. The molecule has 1 saturated heterocycles. The molecule has 0 saturated carbocycles. The Balaban J connectivity index is 1.30. The van der Waals surface area contributed by atoms with Gasteiger partial charge in [0.15, 0.2) is 0 Å². The zero-order valence-electron chi connectivity index (χ0n) is 20.1. The zero-order valence-corrected chi connectivity index (χ0v) is 20.1. The van der Waals surface area contributed by atoms with Crippen LogP contribution in [0.2, 0.25) is 0 Å². The molecule has 36 heavy (non-hydrogen) atoms. The van der Waals surface area contributed by atoms with E-state index in [2.05, 4.69) is 19.8 Å². The summed E-state index contributed by atoms with van der Waals surface area (Å²) in [6, 6.07) is 15.0. The monoisotopic (exact) mass is 486 g/mol. The van der Waals surface area contributed by atoms with E-state index < -0.39 is 5.97 Å². The molecule has 1 aliphatic rings. The quantitative estimate of drug-likeness (QED) is 0.294. The number of rotatable bonds is 10. The van der Waals surface area contributed by atoms with Crippen molar-refractivity contribution < 1.29 is 14.7 Å². The fourth-order valence-electron chi connectivity index (χ4n) is 4.24. The number of amidine groups is 1. The first-order valence-corrected chi connectivity index (χ1v) is 11.9. The summed E-state index contributed by atoms with van der Waals surface area (Å²) in [5.41, 5.74) is 9.66. The minimum atomic E-state index is -0.911. The van der Waals surface area contributed by atoms with Gasteiger partial charge in [-0.15, -0.1) is 0 Å². The highest BCUT2D eigenvalue weighted by molar-refractivity contribution is 5.98. The number of carboxylic acid groups (broad SMARTS) is 1. The van der Waals surface area contributed by atoms with Gasteiger partial charge in [0.25, 0.3) is 0 Å². The van der Waals surface area contributed by atoms with Gasteiger partial charge >= 0.3 is 5.97 Å². The average molecular weight is 487 g/mol. The van der Waals surface area contributed by atoms with Gasteiger partial charge in [0.05, 0.1) is 17.8 Å². The Kier molecular flexibility index (Phi) is 8.02. The van der Waals surface area contributed by atoms with E-state index in [1.165, 1.54) is 0 Å². The molecule has 0 atom stereocenters. The van der Waals surface area contributed by atoms with Crippen molar-refractivity contribution in [2.45, 2.75) is 25.8 Å². The minimum Gasteiger partial charge on any atom is -0.478 e. The fraction of sp³-hybridized carbons (Fsp3) is 0.296. The van der Waals surface area contributed by atoms with Gasteiger partial charge in [-0.3, -0.25) is 15.1 Å². The zero-order chi connectivity index (χ0) is 25.5.